The van der Waals surface area contributed by atoms with Crippen LogP contribution in [-0.4, -0.2) is 18.0 Å². The Morgan fingerprint density at radius 3 is 2.34 bits per heavy atom. The Labute approximate surface area is 170 Å². The van der Waals surface area contributed by atoms with Crippen molar-refractivity contribution in [2.24, 2.45) is 0 Å². The molecule has 1 aromatic heterocycles. The number of carbonyl (C=O) groups is 1. The highest BCUT2D eigenvalue weighted by Gasteiger charge is 2.19. The van der Waals surface area contributed by atoms with Crippen molar-refractivity contribution in [3.63, 3.8) is 0 Å². The Kier molecular flexibility index (Phi) is 5.00. The maximum absolute atomic E-state index is 13.4. The van der Waals surface area contributed by atoms with Gasteiger partial charge in [0.25, 0.3) is 5.91 Å². The molecule has 0 radical (unpaired) electrons. The van der Waals surface area contributed by atoms with Gasteiger partial charge in [0.05, 0.1) is 29.6 Å². The summed E-state index contributed by atoms with van der Waals surface area (Å²) in [6.45, 7) is 4.00. The first-order chi connectivity index (χ1) is 14.1. The van der Waals surface area contributed by atoms with Crippen LogP contribution in [0.25, 0.3) is 22.2 Å². The third kappa shape index (κ3) is 3.57. The number of pyridine rings is 1. The molecule has 0 fully saturated rings. The van der Waals surface area contributed by atoms with Gasteiger partial charge in [-0.2, -0.15) is 0 Å². The van der Waals surface area contributed by atoms with Crippen LogP contribution < -0.4 is 10.1 Å². The molecule has 0 aliphatic carbocycles. The van der Waals surface area contributed by atoms with E-state index >= 15 is 0 Å². The number of rotatable bonds is 4. The molecule has 4 heteroatoms. The molecule has 0 saturated heterocycles. The zero-order valence-electron chi connectivity index (χ0n) is 16.7. The van der Waals surface area contributed by atoms with Gasteiger partial charge in [0, 0.05) is 10.9 Å². The highest BCUT2D eigenvalue weighted by molar-refractivity contribution is 6.14. The number of anilines is 1. The third-order valence-corrected chi connectivity index (χ3v) is 5.04. The molecule has 1 amide bonds. The molecular weight excluding hydrogens is 360 g/mol. The van der Waals surface area contributed by atoms with Gasteiger partial charge in [0.15, 0.2) is 0 Å². The van der Waals surface area contributed by atoms with E-state index in [1.807, 2.05) is 67.6 Å². The normalized spacial score (nSPS) is 10.7. The minimum Gasteiger partial charge on any atom is -0.495 e. The van der Waals surface area contributed by atoms with Crippen LogP contribution in [0.3, 0.4) is 0 Å². The highest BCUT2D eigenvalue weighted by atomic mass is 16.5. The van der Waals surface area contributed by atoms with Gasteiger partial charge in [-0.3, -0.25) is 4.79 Å². The van der Waals surface area contributed by atoms with Crippen LogP contribution in [0, 0.1) is 13.8 Å². The largest absolute Gasteiger partial charge is 0.495 e. The lowest BCUT2D eigenvalue weighted by Crippen LogP contribution is -2.15. The molecule has 4 aromatic rings. The van der Waals surface area contributed by atoms with E-state index in [-0.39, 0.29) is 5.91 Å². The number of nitrogens with one attached hydrogen (secondary N) is 1. The standard InChI is InChI=1S/C25H22N2O2/c1-16-12-14-18(15-13-16)24-17(2)23(19-8-4-5-9-20(19)26-24)25(28)27-21-10-6-7-11-22(21)29-3/h4-15H,1-3H3,(H,27,28). The monoisotopic (exact) mass is 382 g/mol. The number of ether oxygens (including phenoxy) is 1. The first-order valence-corrected chi connectivity index (χ1v) is 9.49. The summed E-state index contributed by atoms with van der Waals surface area (Å²) in [7, 11) is 1.59. The van der Waals surface area contributed by atoms with Gasteiger partial charge in [-0.05, 0) is 37.6 Å². The maximum atomic E-state index is 13.4. The number of hydrogen-bond acceptors (Lipinski definition) is 3. The molecule has 4 nitrogen and oxygen atoms in total. The predicted molar refractivity (Wildman–Crippen MR) is 118 cm³/mol. The molecule has 0 unspecified atom stereocenters. The summed E-state index contributed by atoms with van der Waals surface area (Å²) >= 11 is 0. The van der Waals surface area contributed by atoms with Crippen LogP contribution in [0.2, 0.25) is 0 Å². The Morgan fingerprint density at radius 1 is 0.897 bits per heavy atom. The number of carbonyl (C=O) groups excluding carboxylic acids is 1. The molecule has 1 heterocycles. The summed E-state index contributed by atoms with van der Waals surface area (Å²) in [6.07, 6.45) is 0. The van der Waals surface area contributed by atoms with Gasteiger partial charge >= 0.3 is 0 Å². The number of para-hydroxylation sites is 3. The minimum atomic E-state index is -0.182. The molecule has 0 atom stereocenters. The van der Waals surface area contributed by atoms with Crippen molar-refractivity contribution in [2.45, 2.75) is 13.8 Å². The van der Waals surface area contributed by atoms with Gasteiger partial charge in [-0.15, -0.1) is 0 Å². The number of aromatic nitrogens is 1. The van der Waals surface area contributed by atoms with Crippen LogP contribution in [0.1, 0.15) is 21.5 Å². The summed E-state index contributed by atoms with van der Waals surface area (Å²) in [5, 5.41) is 3.83. The van der Waals surface area contributed by atoms with Crippen LogP contribution in [0.5, 0.6) is 5.75 Å². The zero-order chi connectivity index (χ0) is 20.4. The van der Waals surface area contributed by atoms with Crippen molar-refractivity contribution in [1.82, 2.24) is 4.98 Å². The van der Waals surface area contributed by atoms with Crippen molar-refractivity contribution >= 4 is 22.5 Å². The van der Waals surface area contributed by atoms with Crippen molar-refractivity contribution in [3.8, 4) is 17.0 Å². The van der Waals surface area contributed by atoms with Gasteiger partial charge in [-0.1, -0.05) is 60.2 Å². The Hall–Kier alpha value is -3.66. The first kappa shape index (κ1) is 18.7. The second-order valence-electron chi connectivity index (χ2n) is 7.00. The minimum absolute atomic E-state index is 0.182. The number of hydrogen-bond donors (Lipinski definition) is 1. The molecule has 0 saturated carbocycles. The summed E-state index contributed by atoms with van der Waals surface area (Å²) in [4.78, 5) is 18.2. The molecule has 0 aliphatic heterocycles. The van der Waals surface area contributed by atoms with Gasteiger partial charge < -0.3 is 10.1 Å². The second-order valence-corrected chi connectivity index (χ2v) is 7.00. The molecule has 144 valence electrons. The fourth-order valence-electron chi connectivity index (χ4n) is 3.53. The van der Waals surface area contributed by atoms with E-state index in [4.69, 9.17) is 9.72 Å². The summed E-state index contributed by atoms with van der Waals surface area (Å²) in [6, 6.07) is 23.3. The van der Waals surface area contributed by atoms with E-state index in [1.54, 1.807) is 7.11 Å². The lowest BCUT2D eigenvalue weighted by molar-refractivity contribution is 0.102. The van der Waals surface area contributed by atoms with Gasteiger partial charge in [0.1, 0.15) is 5.75 Å². The SMILES string of the molecule is COc1ccccc1NC(=O)c1c(C)c(-c2ccc(C)cc2)nc2ccccc12. The summed E-state index contributed by atoms with van der Waals surface area (Å²) < 4.78 is 5.38. The summed E-state index contributed by atoms with van der Waals surface area (Å²) in [5.41, 5.74) is 5.88. The van der Waals surface area contributed by atoms with Crippen molar-refractivity contribution in [3.05, 3.63) is 89.5 Å². The number of fused-ring (bicyclic) bond motifs is 1. The molecule has 29 heavy (non-hydrogen) atoms. The Morgan fingerprint density at radius 2 is 1.59 bits per heavy atom. The van der Waals surface area contributed by atoms with Crippen molar-refractivity contribution < 1.29 is 9.53 Å². The van der Waals surface area contributed by atoms with Gasteiger partial charge in [-0.25, -0.2) is 4.98 Å². The molecule has 0 spiro atoms. The first-order valence-electron chi connectivity index (χ1n) is 9.49. The van der Waals surface area contributed by atoms with E-state index in [0.29, 0.717) is 17.0 Å². The van der Waals surface area contributed by atoms with Crippen molar-refractivity contribution in [2.75, 3.05) is 12.4 Å². The average molecular weight is 382 g/mol. The van der Waals surface area contributed by atoms with E-state index in [9.17, 15) is 4.79 Å². The Bertz CT molecular complexity index is 1200. The van der Waals surface area contributed by atoms with Crippen LogP contribution in [0.15, 0.2) is 72.8 Å². The number of aryl methyl sites for hydroxylation is 1. The number of methoxy groups -OCH3 is 1. The third-order valence-electron chi connectivity index (χ3n) is 5.04. The van der Waals surface area contributed by atoms with Crippen LogP contribution in [-0.2, 0) is 0 Å². The van der Waals surface area contributed by atoms with Crippen LogP contribution >= 0.6 is 0 Å². The number of amides is 1. The van der Waals surface area contributed by atoms with E-state index in [0.717, 1.165) is 27.7 Å². The smallest absolute Gasteiger partial charge is 0.256 e. The molecule has 4 rings (SSSR count). The van der Waals surface area contributed by atoms with E-state index in [2.05, 4.69) is 24.4 Å². The fourth-order valence-corrected chi connectivity index (χ4v) is 3.53. The number of benzene rings is 3. The zero-order valence-corrected chi connectivity index (χ0v) is 16.7. The quantitative estimate of drug-likeness (QED) is 0.487. The van der Waals surface area contributed by atoms with Crippen molar-refractivity contribution in [1.29, 1.82) is 0 Å². The lowest BCUT2D eigenvalue weighted by Gasteiger charge is -2.16. The highest BCUT2D eigenvalue weighted by Crippen LogP contribution is 2.31. The lowest BCUT2D eigenvalue weighted by atomic mass is 9.96. The van der Waals surface area contributed by atoms with Crippen LogP contribution in [0.4, 0.5) is 5.69 Å². The van der Waals surface area contributed by atoms with Gasteiger partial charge in [0.2, 0.25) is 0 Å². The molecule has 1 N–H and O–H groups in total. The Balaban J connectivity index is 1.87. The predicted octanol–water partition coefficient (Wildman–Crippen LogP) is 5.78. The molecule has 3 aromatic carbocycles. The fraction of sp³-hybridized carbons (Fsp3) is 0.120. The molecule has 0 aliphatic rings. The van der Waals surface area contributed by atoms with E-state index < -0.39 is 0 Å². The molecular formula is C25H22N2O2. The molecule has 0 bridgehead atoms. The number of nitrogens with zero attached hydrogens (tertiary/aromatic N) is 1. The second kappa shape index (κ2) is 7.76. The summed E-state index contributed by atoms with van der Waals surface area (Å²) in [5.74, 6) is 0.439. The maximum Gasteiger partial charge on any atom is 0.256 e. The van der Waals surface area contributed by atoms with E-state index in [1.165, 1.54) is 5.56 Å². The topological polar surface area (TPSA) is 51.2 Å². The average Bonchev–Trinajstić information content (AvgIpc) is 2.74.